The van der Waals surface area contributed by atoms with E-state index < -0.39 is 5.97 Å². The number of hydrogen-bond donors (Lipinski definition) is 1. The summed E-state index contributed by atoms with van der Waals surface area (Å²) in [7, 11) is 0. The van der Waals surface area contributed by atoms with Crippen molar-refractivity contribution in [3.63, 3.8) is 0 Å². The number of rotatable bonds is 10. The molecule has 0 aromatic heterocycles. The summed E-state index contributed by atoms with van der Waals surface area (Å²) in [6.07, 6.45) is 5.96. The number of nitrogens with zero attached hydrogens (tertiary/aromatic N) is 1. The zero-order chi connectivity index (χ0) is 14.0. The second-order valence-corrected chi connectivity index (χ2v) is 5.23. The third-order valence-corrected chi connectivity index (χ3v) is 2.76. The highest BCUT2D eigenvalue weighted by atomic mass is 16.4. The van der Waals surface area contributed by atoms with Crippen LogP contribution in [-0.2, 0) is 9.59 Å². The number of carbonyl (C=O) groups is 2. The van der Waals surface area contributed by atoms with Crippen LogP contribution in [0.3, 0.4) is 0 Å². The van der Waals surface area contributed by atoms with Gasteiger partial charge in [0, 0.05) is 13.0 Å². The lowest BCUT2D eigenvalue weighted by Gasteiger charge is -2.22. The molecule has 0 atom stereocenters. The van der Waals surface area contributed by atoms with Gasteiger partial charge in [-0.3, -0.25) is 9.59 Å². The maximum atomic E-state index is 11.9. The molecule has 0 aromatic carbocycles. The fraction of sp³-hybridized carbons (Fsp3) is 0.857. The molecule has 0 radical (unpaired) electrons. The van der Waals surface area contributed by atoms with Crippen LogP contribution in [0.5, 0.6) is 0 Å². The van der Waals surface area contributed by atoms with Crippen molar-refractivity contribution in [3.8, 4) is 0 Å². The Morgan fingerprint density at radius 3 is 2.22 bits per heavy atom. The summed E-state index contributed by atoms with van der Waals surface area (Å²) >= 11 is 0. The molecule has 0 aliphatic rings. The van der Waals surface area contributed by atoms with Crippen molar-refractivity contribution in [1.29, 1.82) is 0 Å². The summed E-state index contributed by atoms with van der Waals surface area (Å²) in [5.41, 5.74) is 0. The average molecular weight is 257 g/mol. The van der Waals surface area contributed by atoms with E-state index >= 15 is 0 Å². The van der Waals surface area contributed by atoms with E-state index in [1.807, 2.05) is 13.8 Å². The van der Waals surface area contributed by atoms with Gasteiger partial charge in [0.25, 0.3) is 0 Å². The highest BCUT2D eigenvalue weighted by Crippen LogP contribution is 2.08. The van der Waals surface area contributed by atoms with Gasteiger partial charge in [-0.2, -0.15) is 0 Å². The van der Waals surface area contributed by atoms with E-state index in [0.717, 1.165) is 19.3 Å². The highest BCUT2D eigenvalue weighted by Gasteiger charge is 2.17. The molecule has 4 heteroatoms. The first-order valence-electron chi connectivity index (χ1n) is 6.97. The molecule has 0 aromatic rings. The van der Waals surface area contributed by atoms with Gasteiger partial charge in [-0.05, 0) is 12.3 Å². The molecule has 106 valence electrons. The largest absolute Gasteiger partial charge is 0.480 e. The number of carbonyl (C=O) groups excluding carboxylic acids is 1. The maximum absolute atomic E-state index is 11.9. The molecule has 0 unspecified atom stereocenters. The van der Waals surface area contributed by atoms with Crippen LogP contribution in [-0.4, -0.2) is 35.0 Å². The third kappa shape index (κ3) is 9.02. The molecule has 0 saturated heterocycles. The lowest BCUT2D eigenvalue weighted by molar-refractivity contribution is -0.144. The number of carboxylic acid groups (broad SMARTS) is 1. The fourth-order valence-corrected chi connectivity index (χ4v) is 1.90. The van der Waals surface area contributed by atoms with Gasteiger partial charge in [0.15, 0.2) is 0 Å². The van der Waals surface area contributed by atoms with Crippen LogP contribution in [0.1, 0.15) is 59.3 Å². The predicted molar refractivity (Wildman–Crippen MR) is 72.4 cm³/mol. The van der Waals surface area contributed by atoms with Crippen LogP contribution in [0.25, 0.3) is 0 Å². The van der Waals surface area contributed by atoms with Crippen LogP contribution in [0, 0.1) is 5.92 Å². The first-order valence-corrected chi connectivity index (χ1v) is 6.97. The smallest absolute Gasteiger partial charge is 0.323 e. The standard InChI is InChI=1S/C14H27NO3/c1-4-5-6-7-8-9-13(16)15(10-12(2)3)11-14(17)18/h12H,4-11H2,1-3H3,(H,17,18). The van der Waals surface area contributed by atoms with Crippen LogP contribution in [0.15, 0.2) is 0 Å². The maximum Gasteiger partial charge on any atom is 0.323 e. The molecular formula is C14H27NO3. The van der Waals surface area contributed by atoms with Crippen molar-refractivity contribution >= 4 is 11.9 Å². The van der Waals surface area contributed by atoms with E-state index in [9.17, 15) is 9.59 Å². The van der Waals surface area contributed by atoms with Crippen LogP contribution >= 0.6 is 0 Å². The molecule has 0 saturated carbocycles. The Kier molecular flexibility index (Phi) is 9.33. The summed E-state index contributed by atoms with van der Waals surface area (Å²) in [5, 5.41) is 8.79. The summed E-state index contributed by atoms with van der Waals surface area (Å²) in [6, 6.07) is 0. The molecule has 1 amide bonds. The summed E-state index contributed by atoms with van der Waals surface area (Å²) in [6.45, 7) is 6.49. The Morgan fingerprint density at radius 2 is 1.72 bits per heavy atom. The summed E-state index contributed by atoms with van der Waals surface area (Å²) in [4.78, 5) is 24.1. The molecule has 0 heterocycles. The van der Waals surface area contributed by atoms with Gasteiger partial charge in [-0.15, -0.1) is 0 Å². The normalized spacial score (nSPS) is 10.7. The van der Waals surface area contributed by atoms with Gasteiger partial charge < -0.3 is 10.0 Å². The quantitative estimate of drug-likeness (QED) is 0.612. The number of carboxylic acids is 1. The van der Waals surface area contributed by atoms with Gasteiger partial charge in [0.05, 0.1) is 0 Å². The van der Waals surface area contributed by atoms with E-state index in [0.29, 0.717) is 18.9 Å². The number of unbranched alkanes of at least 4 members (excludes halogenated alkanes) is 4. The minimum Gasteiger partial charge on any atom is -0.480 e. The Balaban J connectivity index is 4.00. The topological polar surface area (TPSA) is 57.6 Å². The number of hydrogen-bond acceptors (Lipinski definition) is 2. The molecule has 18 heavy (non-hydrogen) atoms. The SMILES string of the molecule is CCCCCCCC(=O)N(CC(=O)O)CC(C)C. The lowest BCUT2D eigenvalue weighted by atomic mass is 10.1. The molecular weight excluding hydrogens is 230 g/mol. The fourth-order valence-electron chi connectivity index (χ4n) is 1.90. The summed E-state index contributed by atoms with van der Waals surface area (Å²) in [5.74, 6) is -0.661. The minimum absolute atomic E-state index is 0.0254. The van der Waals surface area contributed by atoms with Crippen molar-refractivity contribution in [2.75, 3.05) is 13.1 Å². The Morgan fingerprint density at radius 1 is 1.11 bits per heavy atom. The molecule has 0 rings (SSSR count). The lowest BCUT2D eigenvalue weighted by Crippen LogP contribution is -2.38. The van der Waals surface area contributed by atoms with E-state index in [1.165, 1.54) is 17.7 Å². The molecule has 1 N–H and O–H groups in total. The second kappa shape index (κ2) is 9.92. The van der Waals surface area contributed by atoms with Gasteiger partial charge >= 0.3 is 5.97 Å². The van der Waals surface area contributed by atoms with Crippen molar-refractivity contribution < 1.29 is 14.7 Å². The van der Waals surface area contributed by atoms with Gasteiger partial charge in [-0.1, -0.05) is 46.5 Å². The minimum atomic E-state index is -0.935. The Hall–Kier alpha value is -1.06. The number of amides is 1. The second-order valence-electron chi connectivity index (χ2n) is 5.23. The molecule has 0 aliphatic heterocycles. The third-order valence-electron chi connectivity index (χ3n) is 2.76. The zero-order valence-corrected chi connectivity index (χ0v) is 11.9. The van der Waals surface area contributed by atoms with Crippen LogP contribution < -0.4 is 0 Å². The van der Waals surface area contributed by atoms with Crippen molar-refractivity contribution in [1.82, 2.24) is 4.90 Å². The monoisotopic (exact) mass is 257 g/mol. The molecule has 4 nitrogen and oxygen atoms in total. The summed E-state index contributed by atoms with van der Waals surface area (Å²) < 4.78 is 0. The zero-order valence-electron chi connectivity index (χ0n) is 11.9. The van der Waals surface area contributed by atoms with Crippen molar-refractivity contribution in [2.45, 2.75) is 59.3 Å². The molecule has 0 spiro atoms. The van der Waals surface area contributed by atoms with Crippen LogP contribution in [0.4, 0.5) is 0 Å². The number of aliphatic carboxylic acids is 1. The first-order chi connectivity index (χ1) is 8.47. The van der Waals surface area contributed by atoms with E-state index in [2.05, 4.69) is 6.92 Å². The Labute approximate surface area is 110 Å². The Bertz CT molecular complexity index is 251. The van der Waals surface area contributed by atoms with E-state index in [-0.39, 0.29) is 12.5 Å². The van der Waals surface area contributed by atoms with Gasteiger partial charge in [0.2, 0.25) is 5.91 Å². The molecule has 0 fully saturated rings. The molecule has 0 bridgehead atoms. The predicted octanol–water partition coefficient (Wildman–Crippen LogP) is 2.92. The van der Waals surface area contributed by atoms with Crippen molar-refractivity contribution in [3.05, 3.63) is 0 Å². The highest BCUT2D eigenvalue weighted by molar-refractivity contribution is 5.81. The molecule has 0 aliphatic carbocycles. The van der Waals surface area contributed by atoms with E-state index in [4.69, 9.17) is 5.11 Å². The van der Waals surface area contributed by atoms with Gasteiger partial charge in [0.1, 0.15) is 6.54 Å². The average Bonchev–Trinajstić information content (AvgIpc) is 2.26. The van der Waals surface area contributed by atoms with Gasteiger partial charge in [-0.25, -0.2) is 0 Å². The van der Waals surface area contributed by atoms with Crippen LogP contribution in [0.2, 0.25) is 0 Å². The first kappa shape index (κ1) is 16.9. The van der Waals surface area contributed by atoms with Crippen molar-refractivity contribution in [2.24, 2.45) is 5.92 Å². The van der Waals surface area contributed by atoms with E-state index in [1.54, 1.807) is 0 Å².